The van der Waals surface area contributed by atoms with Gasteiger partial charge >= 0.3 is 0 Å². The molecule has 0 fully saturated rings. The standard InChI is InChI=1S/C27H20Br2N4O3/c1-16-7-3-5-9-22(16)35-20-11-19(12-21(13-20)36-23-10-6-4-8-17(23)2)31-27(34)25-24(29)26-30-14-18(28)15-33(26)32-25/h3-15H,1-2H3,(H,31,34). The van der Waals surface area contributed by atoms with Crippen LogP contribution in [-0.4, -0.2) is 20.5 Å². The summed E-state index contributed by atoms with van der Waals surface area (Å²) in [7, 11) is 0. The minimum absolute atomic E-state index is 0.201. The molecule has 0 aliphatic carbocycles. The Hall–Kier alpha value is -3.69. The van der Waals surface area contributed by atoms with E-state index in [2.05, 4.69) is 47.3 Å². The van der Waals surface area contributed by atoms with E-state index in [0.29, 0.717) is 38.8 Å². The summed E-state index contributed by atoms with van der Waals surface area (Å²) in [4.78, 5) is 17.5. The van der Waals surface area contributed by atoms with E-state index in [4.69, 9.17) is 9.47 Å². The fraction of sp³-hybridized carbons (Fsp3) is 0.0741. The van der Waals surface area contributed by atoms with Gasteiger partial charge in [-0.05, 0) is 69.0 Å². The summed E-state index contributed by atoms with van der Waals surface area (Å²) < 4.78 is 15.1. The van der Waals surface area contributed by atoms with Crippen LogP contribution in [0.1, 0.15) is 21.6 Å². The molecule has 180 valence electrons. The van der Waals surface area contributed by atoms with Crippen molar-refractivity contribution >= 4 is 49.1 Å². The van der Waals surface area contributed by atoms with E-state index in [1.165, 1.54) is 4.52 Å². The molecular weight excluding hydrogens is 588 g/mol. The summed E-state index contributed by atoms with van der Waals surface area (Å²) in [6, 6.07) is 20.7. The molecule has 0 atom stereocenters. The Balaban J connectivity index is 1.49. The first-order valence-corrected chi connectivity index (χ1v) is 12.6. The van der Waals surface area contributed by atoms with Gasteiger partial charge < -0.3 is 14.8 Å². The summed E-state index contributed by atoms with van der Waals surface area (Å²) in [6.45, 7) is 3.94. The number of nitrogens with one attached hydrogen (secondary N) is 1. The number of benzene rings is 3. The molecule has 0 unspecified atom stereocenters. The Bertz CT molecular complexity index is 1530. The summed E-state index contributed by atoms with van der Waals surface area (Å²) in [6.07, 6.45) is 3.37. The molecule has 0 radical (unpaired) electrons. The molecule has 36 heavy (non-hydrogen) atoms. The Morgan fingerprint density at radius 3 is 2.06 bits per heavy atom. The van der Waals surface area contributed by atoms with Crippen molar-refractivity contribution in [1.29, 1.82) is 0 Å². The summed E-state index contributed by atoms with van der Waals surface area (Å²) in [5.74, 6) is 2.05. The normalized spacial score (nSPS) is 10.9. The van der Waals surface area contributed by atoms with Gasteiger partial charge in [0, 0.05) is 36.3 Å². The molecule has 1 amide bonds. The van der Waals surface area contributed by atoms with Gasteiger partial charge in [-0.15, -0.1) is 0 Å². The van der Waals surface area contributed by atoms with Crippen molar-refractivity contribution in [3.63, 3.8) is 0 Å². The van der Waals surface area contributed by atoms with E-state index in [0.717, 1.165) is 15.6 Å². The first kappa shape index (κ1) is 24.0. The summed E-state index contributed by atoms with van der Waals surface area (Å²) >= 11 is 6.82. The van der Waals surface area contributed by atoms with E-state index in [1.54, 1.807) is 30.6 Å². The number of carbonyl (C=O) groups excluding carboxylic acids is 1. The van der Waals surface area contributed by atoms with Gasteiger partial charge in [-0.3, -0.25) is 4.79 Å². The van der Waals surface area contributed by atoms with E-state index < -0.39 is 5.91 Å². The molecule has 0 spiro atoms. The Morgan fingerprint density at radius 2 is 1.47 bits per heavy atom. The van der Waals surface area contributed by atoms with Gasteiger partial charge in [0.25, 0.3) is 5.91 Å². The quantitative estimate of drug-likeness (QED) is 0.214. The van der Waals surface area contributed by atoms with Crippen LogP contribution >= 0.6 is 31.9 Å². The first-order chi connectivity index (χ1) is 17.4. The van der Waals surface area contributed by atoms with Crippen LogP contribution < -0.4 is 14.8 Å². The third-order valence-electron chi connectivity index (χ3n) is 5.38. The van der Waals surface area contributed by atoms with Gasteiger partial charge in [0.05, 0.1) is 8.95 Å². The zero-order valence-electron chi connectivity index (χ0n) is 19.3. The van der Waals surface area contributed by atoms with Gasteiger partial charge in [0.2, 0.25) is 0 Å². The van der Waals surface area contributed by atoms with E-state index in [9.17, 15) is 4.79 Å². The van der Waals surface area contributed by atoms with Crippen LogP contribution in [-0.2, 0) is 0 Å². The highest BCUT2D eigenvalue weighted by Gasteiger charge is 2.20. The molecule has 2 aromatic heterocycles. The second-order valence-electron chi connectivity index (χ2n) is 8.09. The number of para-hydroxylation sites is 2. The molecule has 0 bridgehead atoms. The fourth-order valence-electron chi connectivity index (χ4n) is 3.58. The number of anilines is 1. The minimum Gasteiger partial charge on any atom is -0.457 e. The molecule has 3 aromatic carbocycles. The van der Waals surface area contributed by atoms with Crippen LogP contribution in [0.5, 0.6) is 23.0 Å². The highest BCUT2D eigenvalue weighted by Crippen LogP contribution is 2.34. The molecule has 5 rings (SSSR count). The van der Waals surface area contributed by atoms with Crippen molar-refractivity contribution in [3.8, 4) is 23.0 Å². The van der Waals surface area contributed by atoms with Gasteiger partial charge in [-0.25, -0.2) is 9.50 Å². The average Bonchev–Trinajstić information content (AvgIpc) is 3.17. The monoisotopic (exact) mass is 606 g/mol. The lowest BCUT2D eigenvalue weighted by atomic mass is 10.2. The largest absolute Gasteiger partial charge is 0.457 e. The number of rotatable bonds is 6. The Labute approximate surface area is 224 Å². The molecular formula is C27H20Br2N4O3. The zero-order valence-corrected chi connectivity index (χ0v) is 22.5. The zero-order chi connectivity index (χ0) is 25.2. The average molecular weight is 608 g/mol. The lowest BCUT2D eigenvalue weighted by molar-refractivity contribution is 0.102. The smallest absolute Gasteiger partial charge is 0.277 e. The highest BCUT2D eigenvalue weighted by atomic mass is 79.9. The number of nitrogens with zero attached hydrogens (tertiary/aromatic N) is 3. The summed E-state index contributed by atoms with van der Waals surface area (Å²) in [5.41, 5.74) is 3.20. The van der Waals surface area contributed by atoms with E-state index in [-0.39, 0.29) is 5.69 Å². The Morgan fingerprint density at radius 1 is 0.889 bits per heavy atom. The van der Waals surface area contributed by atoms with Crippen molar-refractivity contribution in [1.82, 2.24) is 14.6 Å². The van der Waals surface area contributed by atoms with E-state index >= 15 is 0 Å². The number of ether oxygens (including phenoxy) is 2. The molecule has 2 heterocycles. The molecule has 0 aliphatic heterocycles. The number of hydrogen-bond donors (Lipinski definition) is 1. The van der Waals surface area contributed by atoms with Gasteiger partial charge in [0.1, 0.15) is 23.0 Å². The highest BCUT2D eigenvalue weighted by molar-refractivity contribution is 9.11. The van der Waals surface area contributed by atoms with Gasteiger partial charge in [-0.2, -0.15) is 5.10 Å². The lowest BCUT2D eigenvalue weighted by Gasteiger charge is -2.14. The molecule has 9 heteroatoms. The van der Waals surface area contributed by atoms with Crippen molar-refractivity contribution in [2.45, 2.75) is 13.8 Å². The maximum absolute atomic E-state index is 13.2. The number of amides is 1. The maximum atomic E-state index is 13.2. The third kappa shape index (κ3) is 5.12. The number of aryl methyl sites for hydroxylation is 2. The number of halogens is 2. The molecule has 7 nitrogen and oxygen atoms in total. The third-order valence-corrected chi connectivity index (χ3v) is 6.52. The number of carbonyl (C=O) groups is 1. The number of aromatic nitrogens is 3. The maximum Gasteiger partial charge on any atom is 0.277 e. The minimum atomic E-state index is -0.404. The fourth-order valence-corrected chi connectivity index (χ4v) is 4.42. The first-order valence-electron chi connectivity index (χ1n) is 11.0. The van der Waals surface area contributed by atoms with Crippen molar-refractivity contribution < 1.29 is 14.3 Å². The number of fused-ring (bicyclic) bond motifs is 1. The van der Waals surface area contributed by atoms with E-state index in [1.807, 2.05) is 62.4 Å². The molecule has 1 N–H and O–H groups in total. The predicted octanol–water partition coefficient (Wildman–Crippen LogP) is 7.71. The second kappa shape index (κ2) is 10.1. The van der Waals surface area contributed by atoms with Crippen molar-refractivity contribution in [2.24, 2.45) is 0 Å². The number of hydrogen-bond acceptors (Lipinski definition) is 5. The molecule has 0 aliphatic rings. The molecule has 5 aromatic rings. The predicted molar refractivity (Wildman–Crippen MR) is 145 cm³/mol. The van der Waals surface area contributed by atoms with Crippen LogP contribution in [0.3, 0.4) is 0 Å². The lowest BCUT2D eigenvalue weighted by Crippen LogP contribution is -2.13. The molecule has 0 saturated carbocycles. The van der Waals surface area contributed by atoms with Crippen LogP contribution in [0, 0.1) is 13.8 Å². The van der Waals surface area contributed by atoms with Crippen LogP contribution in [0.2, 0.25) is 0 Å². The van der Waals surface area contributed by atoms with Crippen LogP contribution in [0.4, 0.5) is 5.69 Å². The van der Waals surface area contributed by atoms with Crippen LogP contribution in [0.15, 0.2) is 88.1 Å². The second-order valence-corrected chi connectivity index (χ2v) is 9.79. The van der Waals surface area contributed by atoms with Gasteiger partial charge in [0.15, 0.2) is 11.3 Å². The summed E-state index contributed by atoms with van der Waals surface area (Å²) in [5, 5.41) is 7.29. The topological polar surface area (TPSA) is 77.8 Å². The van der Waals surface area contributed by atoms with Crippen molar-refractivity contribution in [3.05, 3.63) is 105 Å². The Kier molecular flexibility index (Phi) is 6.75. The molecule has 0 saturated heterocycles. The SMILES string of the molecule is Cc1ccccc1Oc1cc(NC(=O)c2nn3cc(Br)cnc3c2Br)cc(Oc2ccccc2C)c1. The van der Waals surface area contributed by atoms with Crippen LogP contribution in [0.25, 0.3) is 5.65 Å². The van der Waals surface area contributed by atoms with Gasteiger partial charge in [-0.1, -0.05) is 36.4 Å². The van der Waals surface area contributed by atoms with Crippen molar-refractivity contribution in [2.75, 3.05) is 5.32 Å².